The molecule has 4 rings (SSSR count). The van der Waals surface area contributed by atoms with Gasteiger partial charge in [0.1, 0.15) is 5.75 Å². The molecule has 9 heteroatoms. The van der Waals surface area contributed by atoms with Crippen LogP contribution in [0.4, 0.5) is 5.69 Å². The third-order valence-electron chi connectivity index (χ3n) is 5.51. The van der Waals surface area contributed by atoms with Crippen LogP contribution in [0.15, 0.2) is 47.6 Å². The summed E-state index contributed by atoms with van der Waals surface area (Å²) < 4.78 is 7.19. The molecule has 0 bridgehead atoms. The minimum Gasteiger partial charge on any atom is -0.854 e. The van der Waals surface area contributed by atoms with Crippen molar-refractivity contribution < 1.29 is 19.3 Å². The van der Waals surface area contributed by atoms with Crippen molar-refractivity contribution in [2.45, 2.75) is 44.4 Å². The van der Waals surface area contributed by atoms with Crippen molar-refractivity contribution in [1.29, 1.82) is 0 Å². The lowest BCUT2D eigenvalue weighted by atomic mass is 10.0. The zero-order valence-corrected chi connectivity index (χ0v) is 20.3. The molecule has 1 atom stereocenters. The van der Waals surface area contributed by atoms with Gasteiger partial charge in [-0.25, -0.2) is 9.88 Å². The minimum atomic E-state index is -0.758. The topological polar surface area (TPSA) is 82.3 Å². The number of nitrogens with zero attached hydrogens (tertiary/aromatic N) is 4. The van der Waals surface area contributed by atoms with E-state index in [1.54, 1.807) is 41.0 Å². The molecule has 0 aliphatic carbocycles. The normalized spacial score (nSPS) is 14.5. The number of carbonyl (C=O) groups excluding carboxylic acids is 1. The predicted octanol–water partition coefficient (Wildman–Crippen LogP) is 4.36. The minimum absolute atomic E-state index is 0.198. The molecule has 33 heavy (non-hydrogen) atoms. The van der Waals surface area contributed by atoms with Gasteiger partial charge in [-0.3, -0.25) is 4.79 Å². The van der Waals surface area contributed by atoms with E-state index in [0.717, 1.165) is 25.0 Å². The molecule has 1 aliphatic rings. The molecule has 3 aromatic rings. The summed E-state index contributed by atoms with van der Waals surface area (Å²) in [5.74, 6) is 0.766. The molecule has 7 nitrogen and oxygen atoms in total. The second-order valence-electron chi connectivity index (χ2n) is 7.71. The number of carbonyl (C=O) groups is 1. The number of hydrogen-bond donors (Lipinski definition) is 0. The number of amides is 1. The molecule has 2 heterocycles. The Morgan fingerprint density at radius 3 is 2.79 bits per heavy atom. The van der Waals surface area contributed by atoms with Gasteiger partial charge in [0.2, 0.25) is 5.91 Å². The Morgan fingerprint density at radius 1 is 1.27 bits per heavy atom. The number of fused-ring (bicyclic) bond motifs is 3. The smallest absolute Gasteiger partial charge is 0.296 e. The molecule has 1 unspecified atom stereocenters. The third kappa shape index (κ3) is 4.50. The third-order valence-corrected chi connectivity index (χ3v) is 6.66. The van der Waals surface area contributed by atoms with Crippen molar-refractivity contribution in [3.05, 3.63) is 53.1 Å². The van der Waals surface area contributed by atoms with Crippen molar-refractivity contribution >= 4 is 35.0 Å². The van der Waals surface area contributed by atoms with E-state index < -0.39 is 6.17 Å². The molecule has 2 aromatic carbocycles. The summed E-state index contributed by atoms with van der Waals surface area (Å²) in [6.07, 6.45) is 2.46. The number of halogens is 1. The fourth-order valence-corrected chi connectivity index (χ4v) is 5.04. The van der Waals surface area contributed by atoms with Crippen LogP contribution in [0.1, 0.15) is 44.8 Å². The van der Waals surface area contributed by atoms with Crippen molar-refractivity contribution in [2.75, 3.05) is 17.8 Å². The zero-order valence-electron chi connectivity index (χ0n) is 18.7. The van der Waals surface area contributed by atoms with E-state index in [0.29, 0.717) is 38.4 Å². The first-order valence-corrected chi connectivity index (χ1v) is 12.2. The highest BCUT2D eigenvalue weighted by Gasteiger charge is 2.45. The Balaban J connectivity index is 1.95. The molecule has 0 saturated heterocycles. The fourth-order valence-electron chi connectivity index (χ4n) is 4.04. The van der Waals surface area contributed by atoms with Gasteiger partial charge in [0, 0.05) is 22.8 Å². The van der Waals surface area contributed by atoms with E-state index in [4.69, 9.17) is 21.4 Å². The van der Waals surface area contributed by atoms with E-state index in [1.165, 1.54) is 18.7 Å². The maximum absolute atomic E-state index is 13.3. The summed E-state index contributed by atoms with van der Waals surface area (Å²) in [6.45, 7) is 3.63. The van der Waals surface area contributed by atoms with Gasteiger partial charge in [-0.05, 0) is 36.8 Å². The summed E-state index contributed by atoms with van der Waals surface area (Å²) in [4.78, 5) is 18.8. The summed E-state index contributed by atoms with van der Waals surface area (Å²) in [6, 6.07) is 12.5. The average Bonchev–Trinajstić information content (AvgIpc) is 2.80. The second-order valence-corrected chi connectivity index (χ2v) is 9.21. The van der Waals surface area contributed by atoms with E-state index >= 15 is 0 Å². The largest absolute Gasteiger partial charge is 0.854 e. The molecule has 172 valence electrons. The number of benzene rings is 2. The van der Waals surface area contributed by atoms with Crippen molar-refractivity contribution in [2.24, 2.45) is 0 Å². The maximum atomic E-state index is 13.3. The van der Waals surface area contributed by atoms with Crippen molar-refractivity contribution in [3.63, 3.8) is 0 Å². The number of methoxy groups -OCH3 is 1. The predicted molar refractivity (Wildman–Crippen MR) is 127 cm³/mol. The monoisotopic (exact) mass is 484 g/mol. The van der Waals surface area contributed by atoms with E-state index in [9.17, 15) is 9.90 Å². The van der Waals surface area contributed by atoms with Gasteiger partial charge >= 0.3 is 0 Å². The molecule has 1 amide bonds. The lowest BCUT2D eigenvalue weighted by molar-refractivity contribution is -0.764. The summed E-state index contributed by atoms with van der Waals surface area (Å²) in [5, 5.41) is 18.9. The van der Waals surface area contributed by atoms with Gasteiger partial charge in [0.15, 0.2) is 0 Å². The zero-order chi connectivity index (χ0) is 23.5. The Labute approximate surface area is 202 Å². The van der Waals surface area contributed by atoms with Gasteiger partial charge in [0.05, 0.1) is 29.8 Å². The SMILES string of the molecule is CCCCCSc1nc([O-])c2[n+](n1)C(c1cc(Cl)ccc1OC)N(C(C)=O)c1ccccc1-2. The number of para-hydroxylation sites is 1. The van der Waals surface area contributed by atoms with Crippen LogP contribution in [-0.2, 0) is 4.79 Å². The number of rotatable bonds is 7. The number of unbranched alkanes of at least 4 members (excludes halogenated alkanes) is 2. The van der Waals surface area contributed by atoms with Gasteiger partial charge in [-0.15, -0.1) is 0 Å². The van der Waals surface area contributed by atoms with Crippen LogP contribution >= 0.6 is 23.4 Å². The van der Waals surface area contributed by atoms with E-state index in [-0.39, 0.29) is 11.8 Å². The highest BCUT2D eigenvalue weighted by atomic mass is 35.5. The van der Waals surface area contributed by atoms with Gasteiger partial charge in [-0.2, -0.15) is 0 Å². The van der Waals surface area contributed by atoms with Crippen LogP contribution in [0.5, 0.6) is 11.6 Å². The molecule has 1 aromatic heterocycles. The summed E-state index contributed by atoms with van der Waals surface area (Å²) >= 11 is 7.79. The molecule has 0 spiro atoms. The molecule has 0 N–H and O–H groups in total. The van der Waals surface area contributed by atoms with Gasteiger partial charge < -0.3 is 9.84 Å². The highest BCUT2D eigenvalue weighted by Crippen LogP contribution is 2.43. The van der Waals surface area contributed by atoms with Gasteiger partial charge in [0.25, 0.3) is 17.0 Å². The molecule has 1 aliphatic heterocycles. The van der Waals surface area contributed by atoms with Crippen LogP contribution in [0.25, 0.3) is 11.3 Å². The lowest BCUT2D eigenvalue weighted by Gasteiger charge is -2.33. The first-order valence-electron chi connectivity index (χ1n) is 10.8. The van der Waals surface area contributed by atoms with Gasteiger partial charge in [-0.1, -0.05) is 59.9 Å². The molecular weight excluding hydrogens is 460 g/mol. The second kappa shape index (κ2) is 9.97. The maximum Gasteiger partial charge on any atom is 0.296 e. The number of anilines is 1. The van der Waals surface area contributed by atoms with Crippen molar-refractivity contribution in [1.82, 2.24) is 10.1 Å². The van der Waals surface area contributed by atoms with Crippen LogP contribution in [-0.4, -0.2) is 28.9 Å². The molecular formula is C24H25ClN4O3S. The number of ether oxygens (including phenoxy) is 1. The van der Waals surface area contributed by atoms with Crippen molar-refractivity contribution in [3.8, 4) is 22.9 Å². The van der Waals surface area contributed by atoms with Crippen LogP contribution in [0.2, 0.25) is 5.02 Å². The first kappa shape index (κ1) is 23.3. The average molecular weight is 485 g/mol. The Kier molecular flexibility index (Phi) is 7.05. The standard InChI is InChI=1S/C24H25ClN4O3S/c1-4-5-8-13-33-24-26-22(31)21-17-9-6-7-10-19(17)28(15(2)30)23(29(21)27-24)18-14-16(25)11-12-20(18)32-3/h6-7,9-12,14,23H,4-5,8,13H2,1-3H3. The summed E-state index contributed by atoms with van der Waals surface area (Å²) in [7, 11) is 1.56. The number of hydrogen-bond acceptors (Lipinski definition) is 6. The van der Waals surface area contributed by atoms with Crippen LogP contribution < -0.4 is 19.4 Å². The molecule has 0 fully saturated rings. The molecule has 0 radical (unpaired) electrons. The highest BCUT2D eigenvalue weighted by molar-refractivity contribution is 7.99. The van der Waals surface area contributed by atoms with E-state index in [1.807, 2.05) is 18.2 Å². The summed E-state index contributed by atoms with van der Waals surface area (Å²) in [5.41, 5.74) is 2.17. The first-order chi connectivity index (χ1) is 16.0. The lowest BCUT2D eigenvalue weighted by Crippen LogP contribution is -2.58. The van der Waals surface area contributed by atoms with Crippen LogP contribution in [0.3, 0.4) is 0 Å². The van der Waals surface area contributed by atoms with Crippen LogP contribution in [0, 0.1) is 0 Å². The number of aromatic nitrogens is 3. The number of thioether (sulfide) groups is 1. The fraction of sp³-hybridized carbons (Fsp3) is 0.333. The Bertz CT molecular complexity index is 1190. The quantitative estimate of drug-likeness (QED) is 0.281. The Hall–Kier alpha value is -2.84. The molecule has 0 saturated carbocycles. The van der Waals surface area contributed by atoms with E-state index in [2.05, 4.69) is 11.9 Å². The Morgan fingerprint density at radius 2 is 2.06 bits per heavy atom.